The number of furan rings is 1. The van der Waals surface area contributed by atoms with Crippen LogP contribution in [-0.4, -0.2) is 30.6 Å². The van der Waals surface area contributed by atoms with Crippen molar-refractivity contribution in [2.45, 2.75) is 12.0 Å². The van der Waals surface area contributed by atoms with Crippen molar-refractivity contribution >= 4 is 39.0 Å². The minimum atomic E-state index is -4.31. The van der Waals surface area contributed by atoms with Gasteiger partial charge in [0.05, 0.1) is 5.69 Å². The molecule has 0 fully saturated rings. The van der Waals surface area contributed by atoms with E-state index in [0.29, 0.717) is 4.88 Å². The van der Waals surface area contributed by atoms with Crippen molar-refractivity contribution in [3.8, 4) is 10.4 Å². The number of thiophene rings is 1. The molecule has 0 aliphatic heterocycles. The lowest BCUT2D eigenvalue weighted by molar-refractivity contribution is 0.0687. The minimum Gasteiger partial charge on any atom is -0.478 e. The molecule has 0 saturated carbocycles. The number of anilines is 1. The first-order valence-electron chi connectivity index (χ1n) is 7.48. The lowest BCUT2D eigenvalue weighted by Gasteiger charge is -2.04. The number of hydrogen-bond acceptors (Lipinski definition) is 6. The van der Waals surface area contributed by atoms with Crippen LogP contribution < -0.4 is 4.72 Å². The number of nitrogens with one attached hydrogen (secondary N) is 1. The maximum atomic E-state index is 12.5. The summed E-state index contributed by atoms with van der Waals surface area (Å²) in [6.45, 7) is 1.32. The fraction of sp³-hybridized carbons (Fsp3) is 0.0588. The smallest absolute Gasteiger partial charge is 0.348 e. The molecule has 140 valence electrons. The van der Waals surface area contributed by atoms with E-state index in [4.69, 9.17) is 9.52 Å². The first-order chi connectivity index (χ1) is 12.7. The summed E-state index contributed by atoms with van der Waals surface area (Å²) in [4.78, 5) is 23.0. The second-order valence-electron chi connectivity index (χ2n) is 5.47. The standard InChI is InChI=1S/C17H13NO7S2/c1-9-11(16(19)20)7-14(25-9)27(23,24)18-12-8-13(26-15(12)17(21)22)10-5-3-2-4-6-10/h2-8,18H,1H3,(H,19,20)(H,21,22). The number of hydrogen-bond donors (Lipinski definition) is 3. The predicted molar refractivity (Wildman–Crippen MR) is 97.9 cm³/mol. The molecule has 1 aromatic carbocycles. The van der Waals surface area contributed by atoms with Gasteiger partial charge in [0.1, 0.15) is 16.2 Å². The molecule has 3 rings (SSSR count). The van der Waals surface area contributed by atoms with E-state index >= 15 is 0 Å². The number of carboxylic acids is 2. The van der Waals surface area contributed by atoms with Crippen molar-refractivity contribution in [3.63, 3.8) is 0 Å². The number of sulfonamides is 1. The van der Waals surface area contributed by atoms with Gasteiger partial charge in [-0.3, -0.25) is 4.72 Å². The number of carboxylic acid groups (broad SMARTS) is 2. The summed E-state index contributed by atoms with van der Waals surface area (Å²) in [7, 11) is -4.31. The highest BCUT2D eigenvalue weighted by Gasteiger charge is 2.27. The summed E-state index contributed by atoms with van der Waals surface area (Å²) in [5.74, 6) is -2.69. The van der Waals surface area contributed by atoms with Gasteiger partial charge in [-0.25, -0.2) is 9.59 Å². The van der Waals surface area contributed by atoms with Gasteiger partial charge < -0.3 is 14.6 Å². The zero-order valence-corrected chi connectivity index (χ0v) is 15.4. The third kappa shape index (κ3) is 3.71. The Morgan fingerprint density at radius 3 is 2.30 bits per heavy atom. The van der Waals surface area contributed by atoms with Crippen LogP contribution in [0.5, 0.6) is 0 Å². The Balaban J connectivity index is 2.01. The molecular formula is C17H13NO7S2. The Morgan fingerprint density at radius 1 is 1.07 bits per heavy atom. The summed E-state index contributed by atoms with van der Waals surface area (Å²) in [5.41, 5.74) is 0.318. The van der Waals surface area contributed by atoms with Gasteiger partial charge in [0.15, 0.2) is 0 Å². The largest absolute Gasteiger partial charge is 0.478 e. The summed E-state index contributed by atoms with van der Waals surface area (Å²) in [6, 6.07) is 11.2. The monoisotopic (exact) mass is 407 g/mol. The van der Waals surface area contributed by atoms with Crippen LogP contribution in [0.4, 0.5) is 5.69 Å². The molecular weight excluding hydrogens is 394 g/mol. The second-order valence-corrected chi connectivity index (χ2v) is 8.14. The zero-order valence-electron chi connectivity index (χ0n) is 13.8. The van der Waals surface area contributed by atoms with E-state index < -0.39 is 27.1 Å². The molecule has 3 N–H and O–H groups in total. The summed E-state index contributed by atoms with van der Waals surface area (Å²) in [6.07, 6.45) is 0. The van der Waals surface area contributed by atoms with E-state index in [1.54, 1.807) is 30.3 Å². The number of carbonyl (C=O) groups is 2. The molecule has 0 radical (unpaired) electrons. The van der Waals surface area contributed by atoms with Gasteiger partial charge >= 0.3 is 11.9 Å². The summed E-state index contributed by atoms with van der Waals surface area (Å²) < 4.78 is 32.2. The van der Waals surface area contributed by atoms with E-state index in [2.05, 4.69) is 4.72 Å². The Bertz CT molecular complexity index is 1130. The van der Waals surface area contributed by atoms with Gasteiger partial charge in [0, 0.05) is 10.9 Å². The van der Waals surface area contributed by atoms with Crippen LogP contribution in [0.25, 0.3) is 10.4 Å². The molecule has 2 heterocycles. The average molecular weight is 407 g/mol. The molecule has 3 aromatic rings. The molecule has 0 atom stereocenters. The Labute approximate surface area is 157 Å². The van der Waals surface area contributed by atoms with E-state index in [0.717, 1.165) is 23.0 Å². The third-order valence-electron chi connectivity index (χ3n) is 3.62. The maximum Gasteiger partial charge on any atom is 0.348 e. The maximum absolute atomic E-state index is 12.5. The molecule has 0 unspecified atom stereocenters. The van der Waals surface area contributed by atoms with Gasteiger partial charge in [-0.1, -0.05) is 30.3 Å². The van der Waals surface area contributed by atoms with Crippen molar-refractivity contribution in [3.05, 3.63) is 58.7 Å². The van der Waals surface area contributed by atoms with Crippen LogP contribution in [0, 0.1) is 6.92 Å². The average Bonchev–Trinajstić information content (AvgIpc) is 3.19. The van der Waals surface area contributed by atoms with Crippen molar-refractivity contribution in [2.24, 2.45) is 0 Å². The Kier molecular flexibility index (Phi) is 4.77. The highest BCUT2D eigenvalue weighted by Crippen LogP contribution is 2.36. The summed E-state index contributed by atoms with van der Waals surface area (Å²) >= 11 is 0.919. The molecule has 10 heteroatoms. The first-order valence-corrected chi connectivity index (χ1v) is 9.78. The Hall–Kier alpha value is -3.11. The minimum absolute atomic E-state index is 0.0726. The number of rotatable bonds is 6. The van der Waals surface area contributed by atoms with Crippen molar-refractivity contribution in [1.29, 1.82) is 0 Å². The second kappa shape index (κ2) is 6.89. The topological polar surface area (TPSA) is 134 Å². The van der Waals surface area contributed by atoms with Crippen molar-refractivity contribution in [1.82, 2.24) is 0 Å². The van der Waals surface area contributed by atoms with Crippen molar-refractivity contribution < 1.29 is 32.6 Å². The van der Waals surface area contributed by atoms with Crippen LogP contribution >= 0.6 is 11.3 Å². The van der Waals surface area contributed by atoms with Crippen LogP contribution in [0.15, 0.2) is 52.0 Å². The predicted octanol–water partition coefficient (Wildman–Crippen LogP) is 3.51. The molecule has 8 nitrogen and oxygen atoms in total. The van der Waals surface area contributed by atoms with Gasteiger partial charge in [0.25, 0.3) is 10.0 Å². The van der Waals surface area contributed by atoms with E-state index in [1.165, 1.54) is 13.0 Å². The lowest BCUT2D eigenvalue weighted by Crippen LogP contribution is -2.13. The number of aryl methyl sites for hydroxylation is 1. The van der Waals surface area contributed by atoms with Crippen LogP contribution in [-0.2, 0) is 10.0 Å². The van der Waals surface area contributed by atoms with E-state index in [9.17, 15) is 23.1 Å². The summed E-state index contributed by atoms with van der Waals surface area (Å²) in [5, 5.41) is 17.8. The van der Waals surface area contributed by atoms with Gasteiger partial charge in [-0.15, -0.1) is 11.3 Å². The SMILES string of the molecule is Cc1oc(S(=O)(=O)Nc2cc(-c3ccccc3)sc2C(=O)O)cc1C(=O)O. The fourth-order valence-electron chi connectivity index (χ4n) is 2.37. The third-order valence-corrected chi connectivity index (χ3v) is 6.01. The quantitative estimate of drug-likeness (QED) is 0.569. The number of aromatic carboxylic acids is 2. The molecule has 0 bridgehead atoms. The van der Waals surface area contributed by atoms with Gasteiger partial charge in [0.2, 0.25) is 5.09 Å². The normalized spacial score (nSPS) is 11.3. The molecule has 0 aliphatic carbocycles. The molecule has 0 amide bonds. The molecule has 0 spiro atoms. The van der Waals surface area contributed by atoms with E-state index in [-0.39, 0.29) is 21.9 Å². The van der Waals surface area contributed by atoms with Crippen molar-refractivity contribution in [2.75, 3.05) is 4.72 Å². The molecule has 27 heavy (non-hydrogen) atoms. The highest BCUT2D eigenvalue weighted by molar-refractivity contribution is 7.92. The van der Waals surface area contributed by atoms with Crippen LogP contribution in [0.2, 0.25) is 0 Å². The van der Waals surface area contributed by atoms with Gasteiger partial charge in [-0.05, 0) is 18.6 Å². The lowest BCUT2D eigenvalue weighted by atomic mass is 10.2. The molecule has 2 aromatic heterocycles. The number of benzene rings is 1. The Morgan fingerprint density at radius 2 is 1.74 bits per heavy atom. The molecule has 0 aliphatic rings. The molecule has 0 saturated heterocycles. The van der Waals surface area contributed by atoms with Crippen LogP contribution in [0.1, 0.15) is 25.8 Å². The van der Waals surface area contributed by atoms with E-state index in [1.807, 2.05) is 0 Å². The zero-order chi connectivity index (χ0) is 19.8. The van der Waals surface area contributed by atoms with Crippen LogP contribution in [0.3, 0.4) is 0 Å². The highest BCUT2D eigenvalue weighted by atomic mass is 32.2. The first kappa shape index (κ1) is 18.7. The van der Waals surface area contributed by atoms with Gasteiger partial charge in [-0.2, -0.15) is 8.42 Å². The fourth-order valence-corrected chi connectivity index (χ4v) is 4.45.